The van der Waals surface area contributed by atoms with Crippen molar-refractivity contribution in [2.75, 3.05) is 7.11 Å². The molecule has 0 atom stereocenters. The van der Waals surface area contributed by atoms with Crippen molar-refractivity contribution in [3.05, 3.63) is 58.8 Å². The molecule has 1 aromatic carbocycles. The quantitative estimate of drug-likeness (QED) is 0.635. The average molecular weight is 311 g/mol. The highest BCUT2D eigenvalue weighted by atomic mass is 16.5. The van der Waals surface area contributed by atoms with Crippen molar-refractivity contribution in [2.24, 2.45) is 0 Å². The molecule has 0 spiro atoms. The van der Waals surface area contributed by atoms with Crippen molar-refractivity contribution < 1.29 is 14.3 Å². The molecule has 0 N–H and O–H groups in total. The first-order valence-corrected chi connectivity index (χ1v) is 8.10. The molecule has 0 aromatic heterocycles. The Kier molecular flexibility index (Phi) is 4.60. The minimum atomic E-state index is -0.521. The third kappa shape index (κ3) is 3.07. The standard InChI is InChI=1S/C19H21NO3/c1-23-19(22)17-15-11-7-2-3-8-12-16(15)20(18(17)21)13-14-9-5-4-6-10-14/h4-6,9-10,12H,2-3,7-8,11,13H2,1H3/b16-12+. The van der Waals surface area contributed by atoms with Crippen LogP contribution in [0.4, 0.5) is 0 Å². The Morgan fingerprint density at radius 1 is 1.17 bits per heavy atom. The predicted octanol–water partition coefficient (Wildman–Crippen LogP) is 3.35. The summed E-state index contributed by atoms with van der Waals surface area (Å²) in [6, 6.07) is 9.85. The lowest BCUT2D eigenvalue weighted by Gasteiger charge is -2.21. The summed E-state index contributed by atoms with van der Waals surface area (Å²) in [4.78, 5) is 26.7. The van der Waals surface area contributed by atoms with Crippen LogP contribution in [0.5, 0.6) is 0 Å². The Morgan fingerprint density at radius 3 is 2.70 bits per heavy atom. The lowest BCUT2D eigenvalue weighted by molar-refractivity contribution is -0.139. The number of fused-ring (bicyclic) bond motifs is 1. The van der Waals surface area contributed by atoms with Gasteiger partial charge in [0, 0.05) is 5.70 Å². The topological polar surface area (TPSA) is 46.6 Å². The molecule has 1 aliphatic carbocycles. The van der Waals surface area contributed by atoms with E-state index in [1.807, 2.05) is 30.3 Å². The maximum Gasteiger partial charge on any atom is 0.343 e. The molecule has 0 fully saturated rings. The normalized spacial score (nSPS) is 20.5. The van der Waals surface area contributed by atoms with Gasteiger partial charge in [0.25, 0.3) is 5.91 Å². The molecule has 0 bridgehead atoms. The summed E-state index contributed by atoms with van der Waals surface area (Å²) in [6.45, 7) is 0.482. The first kappa shape index (κ1) is 15.5. The molecule has 0 unspecified atom stereocenters. The highest BCUT2D eigenvalue weighted by Gasteiger charge is 2.38. The largest absolute Gasteiger partial charge is 0.465 e. The summed E-state index contributed by atoms with van der Waals surface area (Å²) in [5, 5.41) is 0. The summed E-state index contributed by atoms with van der Waals surface area (Å²) in [6.07, 6.45) is 7.04. The van der Waals surface area contributed by atoms with Gasteiger partial charge in [0.15, 0.2) is 0 Å². The molecule has 120 valence electrons. The number of nitrogens with zero attached hydrogens (tertiary/aromatic N) is 1. The number of benzene rings is 1. The van der Waals surface area contributed by atoms with Gasteiger partial charge in [-0.25, -0.2) is 4.79 Å². The van der Waals surface area contributed by atoms with Crippen LogP contribution in [0.1, 0.15) is 37.7 Å². The molecular formula is C19H21NO3. The van der Waals surface area contributed by atoms with E-state index in [1.54, 1.807) is 4.90 Å². The third-order valence-corrected chi connectivity index (χ3v) is 4.40. The van der Waals surface area contributed by atoms with E-state index < -0.39 is 5.97 Å². The van der Waals surface area contributed by atoms with Crippen LogP contribution in [0.25, 0.3) is 0 Å². The number of allylic oxidation sites excluding steroid dienone is 2. The zero-order chi connectivity index (χ0) is 16.2. The molecule has 2 aliphatic rings. The first-order valence-electron chi connectivity index (χ1n) is 8.10. The summed E-state index contributed by atoms with van der Waals surface area (Å²) in [5.74, 6) is -0.754. The number of carbonyl (C=O) groups excluding carboxylic acids is 2. The molecule has 0 saturated carbocycles. The van der Waals surface area contributed by atoms with Gasteiger partial charge in [-0.05, 0) is 36.8 Å². The fourth-order valence-electron chi connectivity index (χ4n) is 3.25. The van der Waals surface area contributed by atoms with Crippen LogP contribution >= 0.6 is 0 Å². The van der Waals surface area contributed by atoms with Crippen LogP contribution in [-0.2, 0) is 20.9 Å². The zero-order valence-corrected chi connectivity index (χ0v) is 13.4. The number of carbonyl (C=O) groups is 2. The van der Waals surface area contributed by atoms with E-state index in [4.69, 9.17) is 4.74 Å². The summed E-state index contributed by atoms with van der Waals surface area (Å²) < 4.78 is 4.85. The first-order chi connectivity index (χ1) is 11.2. The van der Waals surface area contributed by atoms with Gasteiger partial charge in [-0.15, -0.1) is 0 Å². The molecular weight excluding hydrogens is 290 g/mol. The van der Waals surface area contributed by atoms with Crippen molar-refractivity contribution in [3.63, 3.8) is 0 Å². The van der Waals surface area contributed by atoms with E-state index in [0.717, 1.165) is 48.9 Å². The van der Waals surface area contributed by atoms with Gasteiger partial charge >= 0.3 is 5.97 Å². The van der Waals surface area contributed by atoms with Crippen molar-refractivity contribution in [1.29, 1.82) is 0 Å². The molecule has 0 radical (unpaired) electrons. The zero-order valence-electron chi connectivity index (χ0n) is 13.4. The highest BCUT2D eigenvalue weighted by Crippen LogP contribution is 2.36. The molecule has 1 heterocycles. The second kappa shape index (κ2) is 6.82. The monoisotopic (exact) mass is 311 g/mol. The fourth-order valence-corrected chi connectivity index (χ4v) is 3.25. The number of amides is 1. The molecule has 3 rings (SSSR count). The molecule has 4 heteroatoms. The van der Waals surface area contributed by atoms with Crippen LogP contribution in [0.2, 0.25) is 0 Å². The van der Waals surface area contributed by atoms with Gasteiger partial charge in [0.05, 0.1) is 13.7 Å². The summed E-state index contributed by atoms with van der Waals surface area (Å²) >= 11 is 0. The van der Waals surface area contributed by atoms with Crippen molar-refractivity contribution in [2.45, 2.75) is 38.6 Å². The maximum atomic E-state index is 12.8. The van der Waals surface area contributed by atoms with Crippen LogP contribution in [0.3, 0.4) is 0 Å². The highest BCUT2D eigenvalue weighted by molar-refractivity contribution is 6.20. The lowest BCUT2D eigenvalue weighted by Crippen LogP contribution is -2.27. The Hall–Kier alpha value is -2.36. The number of methoxy groups -OCH3 is 1. The van der Waals surface area contributed by atoms with Gasteiger partial charge in [0.2, 0.25) is 0 Å². The predicted molar refractivity (Wildman–Crippen MR) is 87.2 cm³/mol. The Labute approximate surface area is 136 Å². The van der Waals surface area contributed by atoms with E-state index in [-0.39, 0.29) is 11.5 Å². The Morgan fingerprint density at radius 2 is 1.96 bits per heavy atom. The van der Waals surface area contributed by atoms with Crippen molar-refractivity contribution in [3.8, 4) is 0 Å². The molecule has 0 saturated heterocycles. The second-order valence-electron chi connectivity index (χ2n) is 5.91. The van der Waals surface area contributed by atoms with Gasteiger partial charge in [-0.3, -0.25) is 4.79 Å². The number of esters is 1. The van der Waals surface area contributed by atoms with E-state index in [9.17, 15) is 9.59 Å². The average Bonchev–Trinajstić information content (AvgIpc) is 2.79. The number of hydrogen-bond donors (Lipinski definition) is 0. The molecule has 1 aromatic rings. The van der Waals surface area contributed by atoms with Crippen molar-refractivity contribution >= 4 is 11.9 Å². The Bertz CT molecular complexity index is 673. The molecule has 4 nitrogen and oxygen atoms in total. The van der Waals surface area contributed by atoms with Crippen LogP contribution in [0, 0.1) is 0 Å². The third-order valence-electron chi connectivity index (χ3n) is 4.40. The fraction of sp³-hybridized carbons (Fsp3) is 0.368. The Balaban J connectivity index is 1.98. The molecule has 1 amide bonds. The van der Waals surface area contributed by atoms with E-state index in [1.165, 1.54) is 7.11 Å². The number of rotatable bonds is 3. The smallest absolute Gasteiger partial charge is 0.343 e. The minimum absolute atomic E-state index is 0.219. The maximum absolute atomic E-state index is 12.8. The van der Waals surface area contributed by atoms with Gasteiger partial charge in [-0.1, -0.05) is 42.8 Å². The minimum Gasteiger partial charge on any atom is -0.465 e. The van der Waals surface area contributed by atoms with E-state index in [0.29, 0.717) is 6.54 Å². The SMILES string of the molecule is COC(=O)C1=C2CCCCC/C=C\2N(Cc2ccccc2)C1=O. The second-order valence-corrected chi connectivity index (χ2v) is 5.91. The van der Waals surface area contributed by atoms with E-state index in [2.05, 4.69) is 6.08 Å². The summed E-state index contributed by atoms with van der Waals surface area (Å²) in [5.41, 5.74) is 3.03. The van der Waals surface area contributed by atoms with Crippen molar-refractivity contribution in [1.82, 2.24) is 4.90 Å². The number of ether oxygens (including phenoxy) is 1. The van der Waals surface area contributed by atoms with Gasteiger partial charge in [0.1, 0.15) is 5.57 Å². The summed E-state index contributed by atoms with van der Waals surface area (Å²) in [7, 11) is 1.33. The van der Waals surface area contributed by atoms with Crippen LogP contribution in [-0.4, -0.2) is 23.9 Å². The molecule has 23 heavy (non-hydrogen) atoms. The molecule has 1 aliphatic heterocycles. The number of hydrogen-bond acceptors (Lipinski definition) is 3. The van der Waals surface area contributed by atoms with Crippen LogP contribution < -0.4 is 0 Å². The van der Waals surface area contributed by atoms with Gasteiger partial charge in [-0.2, -0.15) is 0 Å². The van der Waals surface area contributed by atoms with Crippen LogP contribution in [0.15, 0.2) is 53.3 Å². The lowest BCUT2D eigenvalue weighted by atomic mass is 9.97. The van der Waals surface area contributed by atoms with E-state index >= 15 is 0 Å². The van der Waals surface area contributed by atoms with Gasteiger partial charge < -0.3 is 9.64 Å².